The second-order valence-electron chi connectivity index (χ2n) is 3.32. The summed E-state index contributed by atoms with van der Waals surface area (Å²) in [6.45, 7) is 3.43. The lowest BCUT2D eigenvalue weighted by Crippen LogP contribution is -2.12. The molecule has 1 nitrogen and oxygen atoms in total. The van der Waals surface area contributed by atoms with Gasteiger partial charge in [0.1, 0.15) is 0 Å². The molecule has 0 spiro atoms. The third-order valence-electron chi connectivity index (χ3n) is 1.73. The van der Waals surface area contributed by atoms with E-state index in [1.54, 1.807) is 0 Å². The van der Waals surface area contributed by atoms with Crippen LogP contribution in [0.1, 0.15) is 39.5 Å². The minimum Gasteiger partial charge on any atom is -0.389 e. The van der Waals surface area contributed by atoms with Crippen molar-refractivity contribution in [2.45, 2.75) is 51.6 Å². The van der Waals surface area contributed by atoms with Crippen LogP contribution in [-0.4, -0.2) is 17.1 Å². The first-order valence-corrected chi connectivity index (χ1v) is 4.73. The smallest absolute Gasteiger partial charge is 0.266 e. The molecule has 78 valence electrons. The van der Waals surface area contributed by atoms with Gasteiger partial charge in [-0.25, -0.2) is 8.78 Å². The fourth-order valence-electron chi connectivity index (χ4n) is 0.974. The van der Waals surface area contributed by atoms with E-state index in [-0.39, 0.29) is 6.42 Å². The Labute approximate surface area is 78.5 Å². The summed E-state index contributed by atoms with van der Waals surface area (Å²) in [6.07, 6.45) is 3.32. The van der Waals surface area contributed by atoms with Gasteiger partial charge in [-0.15, -0.1) is 0 Å². The molecular formula is C10H18F2O. The van der Waals surface area contributed by atoms with Crippen LogP contribution in [-0.2, 0) is 0 Å². The van der Waals surface area contributed by atoms with E-state index in [9.17, 15) is 8.78 Å². The van der Waals surface area contributed by atoms with Gasteiger partial charge in [-0.2, -0.15) is 0 Å². The van der Waals surface area contributed by atoms with Gasteiger partial charge in [0.25, 0.3) is 5.92 Å². The standard InChI is InChI=1S/C10H18F2O/c1-3-4-5-7-10(11,12)8-6-9(2)13/h6,8-9,13H,3-5,7H2,1-2H3. The number of allylic oxidation sites excluding steroid dienone is 1. The number of aliphatic hydroxyl groups is 1. The summed E-state index contributed by atoms with van der Waals surface area (Å²) >= 11 is 0. The van der Waals surface area contributed by atoms with Crippen LogP contribution in [0.4, 0.5) is 8.78 Å². The lowest BCUT2D eigenvalue weighted by molar-refractivity contribution is 0.0415. The van der Waals surface area contributed by atoms with Gasteiger partial charge in [0.2, 0.25) is 0 Å². The molecule has 0 saturated heterocycles. The molecule has 0 bridgehead atoms. The van der Waals surface area contributed by atoms with Crippen LogP contribution in [0.5, 0.6) is 0 Å². The predicted molar refractivity (Wildman–Crippen MR) is 49.9 cm³/mol. The molecule has 0 aliphatic carbocycles. The van der Waals surface area contributed by atoms with Gasteiger partial charge >= 0.3 is 0 Å². The zero-order chi connectivity index (χ0) is 10.3. The highest BCUT2D eigenvalue weighted by Gasteiger charge is 2.23. The van der Waals surface area contributed by atoms with E-state index in [1.165, 1.54) is 6.92 Å². The molecule has 0 rings (SSSR count). The number of hydrogen-bond donors (Lipinski definition) is 1. The summed E-state index contributed by atoms with van der Waals surface area (Å²) < 4.78 is 25.8. The number of aliphatic hydroxyl groups excluding tert-OH is 1. The number of unbranched alkanes of at least 4 members (excludes halogenated alkanes) is 2. The summed E-state index contributed by atoms with van der Waals surface area (Å²) in [5.41, 5.74) is 0. The van der Waals surface area contributed by atoms with Crippen molar-refractivity contribution >= 4 is 0 Å². The summed E-state index contributed by atoms with van der Waals surface area (Å²) in [4.78, 5) is 0. The van der Waals surface area contributed by atoms with Gasteiger partial charge in [-0.05, 0) is 19.4 Å². The van der Waals surface area contributed by atoms with Crippen LogP contribution < -0.4 is 0 Å². The number of alkyl halides is 2. The minimum atomic E-state index is -2.76. The number of halogens is 2. The molecule has 0 heterocycles. The zero-order valence-corrected chi connectivity index (χ0v) is 8.26. The topological polar surface area (TPSA) is 20.2 Å². The van der Waals surface area contributed by atoms with Crippen molar-refractivity contribution in [2.24, 2.45) is 0 Å². The summed E-state index contributed by atoms with van der Waals surface area (Å²) in [5, 5.41) is 8.77. The lowest BCUT2D eigenvalue weighted by Gasteiger charge is -2.11. The first-order valence-electron chi connectivity index (χ1n) is 4.73. The molecule has 0 aromatic rings. The maximum atomic E-state index is 12.9. The van der Waals surface area contributed by atoms with Crippen LogP contribution in [0.3, 0.4) is 0 Å². The highest BCUT2D eigenvalue weighted by Crippen LogP contribution is 2.23. The SMILES string of the molecule is CCCCCC(F)(F)C=CC(C)O. The second kappa shape index (κ2) is 6.08. The van der Waals surface area contributed by atoms with E-state index in [1.807, 2.05) is 6.92 Å². The van der Waals surface area contributed by atoms with E-state index in [2.05, 4.69) is 0 Å². The minimum absolute atomic E-state index is 0.121. The molecule has 0 aromatic heterocycles. The molecule has 1 atom stereocenters. The third kappa shape index (κ3) is 7.91. The van der Waals surface area contributed by atoms with E-state index in [0.717, 1.165) is 25.0 Å². The molecule has 0 fully saturated rings. The Balaban J connectivity index is 3.79. The van der Waals surface area contributed by atoms with Crippen molar-refractivity contribution in [3.63, 3.8) is 0 Å². The Morgan fingerprint density at radius 2 is 2.00 bits per heavy atom. The zero-order valence-electron chi connectivity index (χ0n) is 8.26. The van der Waals surface area contributed by atoms with Gasteiger partial charge in [-0.1, -0.05) is 25.8 Å². The highest BCUT2D eigenvalue weighted by molar-refractivity contribution is 4.97. The molecule has 0 aliphatic rings. The third-order valence-corrected chi connectivity index (χ3v) is 1.73. The maximum Gasteiger partial charge on any atom is 0.266 e. The van der Waals surface area contributed by atoms with Crippen molar-refractivity contribution in [1.29, 1.82) is 0 Å². The van der Waals surface area contributed by atoms with Crippen molar-refractivity contribution in [3.05, 3.63) is 12.2 Å². The van der Waals surface area contributed by atoms with Crippen molar-refractivity contribution < 1.29 is 13.9 Å². The molecule has 3 heteroatoms. The van der Waals surface area contributed by atoms with E-state index < -0.39 is 12.0 Å². The van der Waals surface area contributed by atoms with Crippen LogP contribution in [0.25, 0.3) is 0 Å². The molecular weight excluding hydrogens is 174 g/mol. The van der Waals surface area contributed by atoms with Gasteiger partial charge < -0.3 is 5.11 Å². The average Bonchev–Trinajstić information content (AvgIpc) is 2.02. The molecule has 0 aliphatic heterocycles. The summed E-state index contributed by atoms with van der Waals surface area (Å²) in [7, 11) is 0. The van der Waals surface area contributed by atoms with Crippen LogP contribution in [0, 0.1) is 0 Å². The first-order chi connectivity index (χ1) is 5.98. The Bertz CT molecular complexity index is 153. The molecule has 0 saturated carbocycles. The monoisotopic (exact) mass is 192 g/mol. The van der Waals surface area contributed by atoms with Crippen LogP contribution >= 0.6 is 0 Å². The molecule has 0 amide bonds. The Morgan fingerprint density at radius 1 is 1.38 bits per heavy atom. The van der Waals surface area contributed by atoms with Crippen molar-refractivity contribution in [3.8, 4) is 0 Å². The maximum absolute atomic E-state index is 12.9. The van der Waals surface area contributed by atoms with Gasteiger partial charge in [0.05, 0.1) is 6.10 Å². The molecule has 0 radical (unpaired) electrons. The quantitative estimate of drug-likeness (QED) is 0.506. The largest absolute Gasteiger partial charge is 0.389 e. The van der Waals surface area contributed by atoms with Gasteiger partial charge in [-0.3, -0.25) is 0 Å². The molecule has 0 aromatic carbocycles. The molecule has 1 unspecified atom stereocenters. The van der Waals surface area contributed by atoms with Crippen molar-refractivity contribution in [1.82, 2.24) is 0 Å². The predicted octanol–water partition coefficient (Wildman–Crippen LogP) is 3.14. The highest BCUT2D eigenvalue weighted by atomic mass is 19.3. The first kappa shape index (κ1) is 12.6. The number of rotatable bonds is 6. The fraction of sp³-hybridized carbons (Fsp3) is 0.800. The molecule has 1 N–H and O–H groups in total. The van der Waals surface area contributed by atoms with E-state index in [4.69, 9.17) is 5.11 Å². The normalized spacial score (nSPS) is 15.2. The lowest BCUT2D eigenvalue weighted by atomic mass is 10.1. The van der Waals surface area contributed by atoms with Crippen LogP contribution in [0.2, 0.25) is 0 Å². The van der Waals surface area contributed by atoms with Crippen LogP contribution in [0.15, 0.2) is 12.2 Å². The van der Waals surface area contributed by atoms with Crippen molar-refractivity contribution in [2.75, 3.05) is 0 Å². The summed E-state index contributed by atoms with van der Waals surface area (Å²) in [6, 6.07) is 0. The van der Waals surface area contributed by atoms with E-state index >= 15 is 0 Å². The summed E-state index contributed by atoms with van der Waals surface area (Å²) in [5.74, 6) is -2.76. The molecule has 13 heavy (non-hydrogen) atoms. The van der Waals surface area contributed by atoms with Gasteiger partial charge in [0, 0.05) is 6.42 Å². The van der Waals surface area contributed by atoms with E-state index in [0.29, 0.717) is 6.42 Å². The Morgan fingerprint density at radius 3 is 2.46 bits per heavy atom. The van der Waals surface area contributed by atoms with Gasteiger partial charge in [0.15, 0.2) is 0 Å². The number of hydrogen-bond acceptors (Lipinski definition) is 1. The fourth-order valence-corrected chi connectivity index (χ4v) is 0.974. The second-order valence-corrected chi connectivity index (χ2v) is 3.32. The average molecular weight is 192 g/mol. The Kier molecular flexibility index (Phi) is 5.88. The Hall–Kier alpha value is -0.440.